The van der Waals surface area contributed by atoms with Crippen molar-refractivity contribution in [1.29, 1.82) is 0 Å². The summed E-state index contributed by atoms with van der Waals surface area (Å²) in [5, 5.41) is 2.53. The summed E-state index contributed by atoms with van der Waals surface area (Å²) in [6, 6.07) is 40.9. The van der Waals surface area contributed by atoms with E-state index in [4.69, 9.17) is 4.74 Å². The molecule has 1 atom stereocenters. The lowest BCUT2D eigenvalue weighted by atomic mass is 9.78. The number of para-hydroxylation sites is 2. The van der Waals surface area contributed by atoms with E-state index in [1.54, 1.807) is 7.11 Å². The molecular weight excluding hydrogens is 470 g/mol. The molecular formula is C30H24BrNO. The fourth-order valence-electron chi connectivity index (χ4n) is 5.10. The van der Waals surface area contributed by atoms with Gasteiger partial charge in [0.1, 0.15) is 5.75 Å². The summed E-state index contributed by atoms with van der Waals surface area (Å²) in [7, 11) is 1.77. The third-order valence-electron chi connectivity index (χ3n) is 6.43. The second kappa shape index (κ2) is 8.76. The van der Waals surface area contributed by atoms with Gasteiger partial charge < -0.3 is 9.64 Å². The normalized spacial score (nSPS) is 14.2. The minimum atomic E-state index is 0. The molecule has 0 aromatic heterocycles. The highest BCUT2D eigenvalue weighted by Crippen LogP contribution is 2.54. The minimum absolute atomic E-state index is 0. The molecule has 1 unspecified atom stereocenters. The summed E-state index contributed by atoms with van der Waals surface area (Å²) in [6.45, 7) is 0. The number of rotatable bonds is 3. The van der Waals surface area contributed by atoms with E-state index >= 15 is 0 Å². The molecule has 5 aromatic rings. The van der Waals surface area contributed by atoms with Gasteiger partial charge in [0.2, 0.25) is 0 Å². The maximum absolute atomic E-state index is 5.95. The van der Waals surface area contributed by atoms with E-state index in [-0.39, 0.29) is 22.9 Å². The molecule has 0 aliphatic carbocycles. The summed E-state index contributed by atoms with van der Waals surface area (Å²) < 4.78 is 5.95. The zero-order chi connectivity index (χ0) is 21.5. The van der Waals surface area contributed by atoms with Gasteiger partial charge in [0.05, 0.1) is 18.5 Å². The maximum atomic E-state index is 5.95. The first-order valence-corrected chi connectivity index (χ1v) is 11.0. The van der Waals surface area contributed by atoms with Gasteiger partial charge in [-0.05, 0) is 52.2 Å². The number of hydrogen-bond acceptors (Lipinski definition) is 2. The van der Waals surface area contributed by atoms with Gasteiger partial charge in [-0.15, -0.1) is 17.0 Å². The van der Waals surface area contributed by atoms with Crippen LogP contribution in [0, 0.1) is 0 Å². The molecule has 1 aliphatic rings. The smallest absolute Gasteiger partial charge is 0.125 e. The lowest BCUT2D eigenvalue weighted by Gasteiger charge is -2.39. The third kappa shape index (κ3) is 3.40. The molecule has 0 saturated heterocycles. The van der Waals surface area contributed by atoms with Crippen LogP contribution < -0.4 is 9.64 Å². The van der Waals surface area contributed by atoms with Gasteiger partial charge in [0.15, 0.2) is 0 Å². The van der Waals surface area contributed by atoms with Crippen molar-refractivity contribution in [3.63, 3.8) is 0 Å². The highest BCUT2D eigenvalue weighted by Gasteiger charge is 2.35. The van der Waals surface area contributed by atoms with Crippen molar-refractivity contribution in [2.24, 2.45) is 0 Å². The van der Waals surface area contributed by atoms with Gasteiger partial charge in [-0.2, -0.15) is 0 Å². The lowest BCUT2D eigenvalue weighted by molar-refractivity contribution is 0.409. The average Bonchev–Trinajstić information content (AvgIpc) is 2.87. The standard InChI is InChI=1S/C30H23NO.BrH/c1-32-28-20-10-19-27-30(28)29(24-17-9-12-21-11-5-6-15-23(21)24)25-16-7-8-18-26(25)31(27)22-13-3-2-4-14-22;/h2-20,29H,1H3;1H. The molecule has 0 saturated carbocycles. The fourth-order valence-corrected chi connectivity index (χ4v) is 5.10. The van der Waals surface area contributed by atoms with Crippen LogP contribution >= 0.6 is 17.0 Å². The zero-order valence-electron chi connectivity index (χ0n) is 18.3. The van der Waals surface area contributed by atoms with Crippen LogP contribution in [0.25, 0.3) is 10.8 Å². The molecule has 1 aliphatic heterocycles. The number of ether oxygens (including phenoxy) is 1. The number of halogens is 1. The third-order valence-corrected chi connectivity index (χ3v) is 6.43. The molecule has 5 aromatic carbocycles. The lowest BCUT2D eigenvalue weighted by Crippen LogP contribution is -2.23. The van der Waals surface area contributed by atoms with E-state index in [0.29, 0.717) is 0 Å². The van der Waals surface area contributed by atoms with E-state index in [9.17, 15) is 0 Å². The van der Waals surface area contributed by atoms with Crippen LogP contribution in [-0.2, 0) is 0 Å². The van der Waals surface area contributed by atoms with Crippen LogP contribution in [0.4, 0.5) is 17.1 Å². The molecule has 2 nitrogen and oxygen atoms in total. The van der Waals surface area contributed by atoms with E-state index in [0.717, 1.165) is 17.1 Å². The Labute approximate surface area is 204 Å². The van der Waals surface area contributed by atoms with Crippen molar-refractivity contribution in [2.75, 3.05) is 12.0 Å². The Morgan fingerprint density at radius 2 is 1.24 bits per heavy atom. The monoisotopic (exact) mass is 493 g/mol. The van der Waals surface area contributed by atoms with E-state index < -0.39 is 0 Å². The summed E-state index contributed by atoms with van der Waals surface area (Å²) >= 11 is 0. The van der Waals surface area contributed by atoms with Gasteiger partial charge in [-0.1, -0.05) is 84.9 Å². The topological polar surface area (TPSA) is 12.5 Å². The first kappa shape index (κ1) is 21.3. The Bertz CT molecular complexity index is 1420. The van der Waals surface area contributed by atoms with Gasteiger partial charge in [-0.25, -0.2) is 0 Å². The number of hydrogen-bond donors (Lipinski definition) is 0. The van der Waals surface area contributed by atoms with E-state index in [1.807, 2.05) is 0 Å². The summed E-state index contributed by atoms with van der Waals surface area (Å²) in [5.41, 5.74) is 7.29. The predicted molar refractivity (Wildman–Crippen MR) is 143 cm³/mol. The molecule has 6 rings (SSSR count). The molecule has 0 fully saturated rings. The number of anilines is 3. The first-order chi connectivity index (χ1) is 15.9. The first-order valence-electron chi connectivity index (χ1n) is 11.0. The molecule has 0 bridgehead atoms. The SMILES string of the molecule is Br.COc1cccc2c1C(c1cccc3ccccc13)c1ccccc1N2c1ccccc1. The minimum Gasteiger partial charge on any atom is -0.496 e. The van der Waals surface area contributed by atoms with Crippen molar-refractivity contribution in [2.45, 2.75) is 5.92 Å². The zero-order valence-corrected chi connectivity index (χ0v) is 20.0. The Kier molecular flexibility index (Phi) is 5.65. The number of methoxy groups -OCH3 is 1. The Morgan fingerprint density at radius 1 is 0.606 bits per heavy atom. The molecule has 3 heteroatoms. The summed E-state index contributed by atoms with van der Waals surface area (Å²) in [5.74, 6) is 0.985. The van der Waals surface area contributed by atoms with Gasteiger partial charge in [0.25, 0.3) is 0 Å². The quantitative estimate of drug-likeness (QED) is 0.245. The van der Waals surface area contributed by atoms with Crippen LogP contribution in [0.15, 0.2) is 115 Å². The van der Waals surface area contributed by atoms with Crippen molar-refractivity contribution in [3.8, 4) is 5.75 Å². The Morgan fingerprint density at radius 3 is 2.09 bits per heavy atom. The summed E-state index contributed by atoms with van der Waals surface area (Å²) in [6.07, 6.45) is 0. The maximum Gasteiger partial charge on any atom is 0.125 e. The van der Waals surface area contributed by atoms with Crippen molar-refractivity contribution in [3.05, 3.63) is 132 Å². The second-order valence-corrected chi connectivity index (χ2v) is 8.12. The van der Waals surface area contributed by atoms with Gasteiger partial charge >= 0.3 is 0 Å². The van der Waals surface area contributed by atoms with Crippen molar-refractivity contribution in [1.82, 2.24) is 0 Å². The van der Waals surface area contributed by atoms with Crippen LogP contribution in [0.1, 0.15) is 22.6 Å². The summed E-state index contributed by atoms with van der Waals surface area (Å²) in [4.78, 5) is 2.36. The van der Waals surface area contributed by atoms with Gasteiger partial charge in [0, 0.05) is 17.2 Å². The second-order valence-electron chi connectivity index (χ2n) is 8.12. The molecule has 0 N–H and O–H groups in total. The predicted octanol–water partition coefficient (Wildman–Crippen LogP) is 8.39. The average molecular weight is 494 g/mol. The van der Waals surface area contributed by atoms with Crippen LogP contribution in [0.3, 0.4) is 0 Å². The Balaban J connectivity index is 0.00000228. The van der Waals surface area contributed by atoms with Crippen molar-refractivity contribution >= 4 is 44.8 Å². The molecule has 162 valence electrons. The van der Waals surface area contributed by atoms with Gasteiger partial charge in [-0.3, -0.25) is 0 Å². The van der Waals surface area contributed by atoms with E-state index in [1.165, 1.54) is 33.2 Å². The van der Waals surface area contributed by atoms with Crippen LogP contribution in [0.2, 0.25) is 0 Å². The van der Waals surface area contributed by atoms with E-state index in [2.05, 4.69) is 120 Å². The molecule has 0 radical (unpaired) electrons. The highest BCUT2D eigenvalue weighted by molar-refractivity contribution is 8.93. The number of benzene rings is 5. The molecule has 33 heavy (non-hydrogen) atoms. The molecule has 0 amide bonds. The highest BCUT2D eigenvalue weighted by atomic mass is 79.9. The van der Waals surface area contributed by atoms with Crippen molar-refractivity contribution < 1.29 is 4.74 Å². The number of nitrogens with zero attached hydrogens (tertiary/aromatic N) is 1. The molecule has 1 heterocycles. The fraction of sp³-hybridized carbons (Fsp3) is 0.0667. The number of fused-ring (bicyclic) bond motifs is 3. The Hall–Kier alpha value is -3.56. The molecule has 0 spiro atoms. The van der Waals surface area contributed by atoms with Crippen LogP contribution in [0.5, 0.6) is 5.75 Å². The van der Waals surface area contributed by atoms with Crippen LogP contribution in [-0.4, -0.2) is 7.11 Å². The largest absolute Gasteiger partial charge is 0.496 e.